The summed E-state index contributed by atoms with van der Waals surface area (Å²) in [6.45, 7) is 3.54. The van der Waals surface area contributed by atoms with Crippen LogP contribution in [0.3, 0.4) is 0 Å². The molecular formula is C14H20ClN3O2. The molecule has 1 aromatic heterocycles. The molecule has 1 unspecified atom stereocenters. The van der Waals surface area contributed by atoms with E-state index in [0.717, 1.165) is 26.1 Å². The summed E-state index contributed by atoms with van der Waals surface area (Å²) in [4.78, 5) is 16.5. The van der Waals surface area contributed by atoms with Crippen LogP contribution < -0.4 is 10.6 Å². The van der Waals surface area contributed by atoms with Crippen LogP contribution in [0.15, 0.2) is 12.1 Å². The average molecular weight is 298 g/mol. The molecule has 5 nitrogen and oxygen atoms in total. The summed E-state index contributed by atoms with van der Waals surface area (Å²) < 4.78 is 5.33. The molecule has 0 aliphatic carbocycles. The van der Waals surface area contributed by atoms with E-state index in [1.807, 2.05) is 6.92 Å². The molecule has 0 radical (unpaired) electrons. The highest BCUT2D eigenvalue weighted by Crippen LogP contribution is 2.20. The third-order valence-electron chi connectivity index (χ3n) is 3.65. The van der Waals surface area contributed by atoms with Gasteiger partial charge in [-0.1, -0.05) is 11.6 Å². The predicted octanol–water partition coefficient (Wildman–Crippen LogP) is 2.32. The summed E-state index contributed by atoms with van der Waals surface area (Å²) in [7, 11) is 1.75. The molecule has 1 saturated heterocycles. The normalized spacial score (nSPS) is 17.6. The lowest BCUT2D eigenvalue weighted by Gasteiger charge is -2.28. The Balaban J connectivity index is 2.03. The zero-order valence-electron chi connectivity index (χ0n) is 11.8. The maximum atomic E-state index is 12.3. The predicted molar refractivity (Wildman–Crippen MR) is 79.3 cm³/mol. The lowest BCUT2D eigenvalue weighted by Crippen LogP contribution is -2.40. The summed E-state index contributed by atoms with van der Waals surface area (Å²) >= 11 is 6.05. The molecule has 1 aliphatic rings. The summed E-state index contributed by atoms with van der Waals surface area (Å²) in [6, 6.07) is 3.50. The first-order valence-electron chi connectivity index (χ1n) is 6.84. The first-order valence-corrected chi connectivity index (χ1v) is 7.22. The van der Waals surface area contributed by atoms with Crippen LogP contribution in [0.4, 0.5) is 5.82 Å². The van der Waals surface area contributed by atoms with Gasteiger partial charge >= 0.3 is 0 Å². The summed E-state index contributed by atoms with van der Waals surface area (Å²) in [6.07, 6.45) is 1.94. The van der Waals surface area contributed by atoms with E-state index < -0.39 is 0 Å². The number of nitrogens with zero attached hydrogens (tertiary/aromatic N) is 1. The summed E-state index contributed by atoms with van der Waals surface area (Å²) in [5.74, 6) is 0.836. The van der Waals surface area contributed by atoms with Crippen molar-refractivity contribution in [3.63, 3.8) is 0 Å². The summed E-state index contributed by atoms with van der Waals surface area (Å²) in [5, 5.41) is 6.25. The van der Waals surface area contributed by atoms with Crippen molar-refractivity contribution in [3.8, 4) is 0 Å². The quantitative estimate of drug-likeness (QED) is 0.895. The van der Waals surface area contributed by atoms with E-state index in [4.69, 9.17) is 16.3 Å². The van der Waals surface area contributed by atoms with Gasteiger partial charge in [-0.25, -0.2) is 4.98 Å². The number of nitrogens with one attached hydrogen (secondary N) is 2. The number of carbonyl (C=O) groups excluding carboxylic acids is 1. The zero-order chi connectivity index (χ0) is 14.5. The summed E-state index contributed by atoms with van der Waals surface area (Å²) in [5.41, 5.74) is 0.262. The molecule has 2 heterocycles. The standard InChI is InChI=1S/C14H20ClN3O2/c1-9(10-5-7-20-8-6-10)17-14(19)13-11(15)3-4-12(16-2)18-13/h3-4,9-10H,5-8H2,1-2H3,(H,16,18)(H,17,19). The van der Waals surface area contributed by atoms with Gasteiger partial charge in [0.1, 0.15) is 11.5 Å². The Labute approximate surface area is 124 Å². The van der Waals surface area contributed by atoms with Gasteiger partial charge in [-0.2, -0.15) is 0 Å². The fraction of sp³-hybridized carbons (Fsp3) is 0.571. The van der Waals surface area contributed by atoms with Crippen molar-refractivity contribution in [1.29, 1.82) is 0 Å². The van der Waals surface area contributed by atoms with Gasteiger partial charge in [0.2, 0.25) is 0 Å². The van der Waals surface area contributed by atoms with Crippen LogP contribution in [0, 0.1) is 5.92 Å². The largest absolute Gasteiger partial charge is 0.381 e. The SMILES string of the molecule is CNc1ccc(Cl)c(C(=O)NC(C)C2CCOCC2)n1. The van der Waals surface area contributed by atoms with Gasteiger partial charge in [-0.05, 0) is 37.8 Å². The third-order valence-corrected chi connectivity index (χ3v) is 3.95. The van der Waals surface area contributed by atoms with E-state index in [1.54, 1.807) is 19.2 Å². The van der Waals surface area contributed by atoms with Gasteiger partial charge < -0.3 is 15.4 Å². The Hall–Kier alpha value is -1.33. The van der Waals surface area contributed by atoms with Gasteiger partial charge in [0.15, 0.2) is 0 Å². The minimum Gasteiger partial charge on any atom is -0.381 e. The number of pyridine rings is 1. The molecule has 6 heteroatoms. The van der Waals surface area contributed by atoms with Crippen molar-refractivity contribution < 1.29 is 9.53 Å². The number of ether oxygens (including phenoxy) is 1. The Morgan fingerprint density at radius 2 is 2.15 bits per heavy atom. The molecule has 0 aromatic carbocycles. The highest BCUT2D eigenvalue weighted by Gasteiger charge is 2.23. The third kappa shape index (κ3) is 3.61. The molecule has 0 spiro atoms. The van der Waals surface area contributed by atoms with Crippen LogP contribution in [-0.2, 0) is 4.74 Å². The second-order valence-electron chi connectivity index (χ2n) is 4.99. The van der Waals surface area contributed by atoms with Crippen LogP contribution in [-0.4, -0.2) is 37.2 Å². The number of rotatable bonds is 4. The Morgan fingerprint density at radius 1 is 1.45 bits per heavy atom. The molecule has 1 amide bonds. The molecule has 110 valence electrons. The maximum absolute atomic E-state index is 12.3. The number of aromatic nitrogens is 1. The first-order chi connectivity index (χ1) is 9.61. The van der Waals surface area contributed by atoms with Crippen molar-refractivity contribution in [2.24, 2.45) is 5.92 Å². The van der Waals surface area contributed by atoms with Crippen molar-refractivity contribution in [3.05, 3.63) is 22.8 Å². The van der Waals surface area contributed by atoms with E-state index in [9.17, 15) is 4.79 Å². The Kier molecular flexibility index (Phi) is 5.20. The topological polar surface area (TPSA) is 63.2 Å². The Bertz CT molecular complexity index is 475. The monoisotopic (exact) mass is 297 g/mol. The minimum absolute atomic E-state index is 0.0857. The number of carbonyl (C=O) groups is 1. The van der Waals surface area contributed by atoms with Crippen molar-refractivity contribution in [2.75, 3.05) is 25.6 Å². The smallest absolute Gasteiger partial charge is 0.271 e. The molecule has 1 aliphatic heterocycles. The first kappa shape index (κ1) is 15.1. The van der Waals surface area contributed by atoms with Crippen LogP contribution in [0.1, 0.15) is 30.3 Å². The maximum Gasteiger partial charge on any atom is 0.271 e. The molecule has 1 atom stereocenters. The number of hydrogen-bond donors (Lipinski definition) is 2. The van der Waals surface area contributed by atoms with E-state index in [1.165, 1.54) is 0 Å². The van der Waals surface area contributed by atoms with Crippen LogP contribution >= 0.6 is 11.6 Å². The van der Waals surface area contributed by atoms with Gasteiger partial charge in [-0.3, -0.25) is 4.79 Å². The second-order valence-corrected chi connectivity index (χ2v) is 5.40. The van der Waals surface area contributed by atoms with Gasteiger partial charge in [0, 0.05) is 26.3 Å². The number of halogens is 1. The van der Waals surface area contributed by atoms with Crippen molar-refractivity contribution >= 4 is 23.3 Å². The zero-order valence-corrected chi connectivity index (χ0v) is 12.5. The molecule has 20 heavy (non-hydrogen) atoms. The molecule has 1 aromatic rings. The van der Waals surface area contributed by atoms with E-state index in [0.29, 0.717) is 16.8 Å². The fourth-order valence-electron chi connectivity index (χ4n) is 2.35. The molecular weight excluding hydrogens is 278 g/mol. The lowest BCUT2D eigenvalue weighted by atomic mass is 9.93. The molecule has 2 rings (SSSR count). The number of amides is 1. The van der Waals surface area contributed by atoms with Gasteiger partial charge in [-0.15, -0.1) is 0 Å². The van der Waals surface area contributed by atoms with Crippen molar-refractivity contribution in [2.45, 2.75) is 25.8 Å². The fourth-order valence-corrected chi connectivity index (χ4v) is 2.54. The number of anilines is 1. The molecule has 1 fully saturated rings. The number of hydrogen-bond acceptors (Lipinski definition) is 4. The lowest BCUT2D eigenvalue weighted by molar-refractivity contribution is 0.0537. The van der Waals surface area contributed by atoms with E-state index in [2.05, 4.69) is 15.6 Å². The van der Waals surface area contributed by atoms with Gasteiger partial charge in [0.25, 0.3) is 5.91 Å². The van der Waals surface area contributed by atoms with Crippen LogP contribution in [0.2, 0.25) is 5.02 Å². The van der Waals surface area contributed by atoms with Crippen molar-refractivity contribution in [1.82, 2.24) is 10.3 Å². The minimum atomic E-state index is -0.230. The molecule has 2 N–H and O–H groups in total. The van der Waals surface area contributed by atoms with Gasteiger partial charge in [0.05, 0.1) is 5.02 Å². The molecule has 0 bridgehead atoms. The van der Waals surface area contributed by atoms with Crippen LogP contribution in [0.25, 0.3) is 0 Å². The average Bonchev–Trinajstić information content (AvgIpc) is 2.48. The highest BCUT2D eigenvalue weighted by atomic mass is 35.5. The molecule has 0 saturated carbocycles. The highest BCUT2D eigenvalue weighted by molar-refractivity contribution is 6.33. The van der Waals surface area contributed by atoms with E-state index >= 15 is 0 Å². The van der Waals surface area contributed by atoms with Crippen LogP contribution in [0.5, 0.6) is 0 Å². The Morgan fingerprint density at radius 3 is 2.80 bits per heavy atom. The second kappa shape index (κ2) is 6.90. The van der Waals surface area contributed by atoms with E-state index in [-0.39, 0.29) is 17.6 Å².